The van der Waals surface area contributed by atoms with Crippen molar-refractivity contribution in [2.24, 2.45) is 0 Å². The van der Waals surface area contributed by atoms with Crippen LogP contribution in [0.4, 0.5) is 5.82 Å². The van der Waals surface area contributed by atoms with E-state index in [0.717, 1.165) is 28.3 Å². The van der Waals surface area contributed by atoms with E-state index in [-0.39, 0.29) is 6.04 Å². The van der Waals surface area contributed by atoms with Crippen LogP contribution in [0.15, 0.2) is 18.7 Å². The smallest absolute Gasteiger partial charge is 0.146 e. The van der Waals surface area contributed by atoms with E-state index in [4.69, 9.17) is 0 Å². The molecule has 0 saturated heterocycles. The summed E-state index contributed by atoms with van der Waals surface area (Å²) in [7, 11) is 0. The Morgan fingerprint density at radius 1 is 1.32 bits per heavy atom. The molecule has 2 N–H and O–H groups in total. The number of hydrogen-bond donors (Lipinski definition) is 2. The molecule has 3 aromatic rings. The lowest BCUT2D eigenvalue weighted by atomic mass is 10.2. The third-order valence-electron chi connectivity index (χ3n) is 2.93. The van der Waals surface area contributed by atoms with E-state index in [9.17, 15) is 0 Å². The van der Waals surface area contributed by atoms with Crippen LogP contribution in [0.25, 0.3) is 10.2 Å². The third-order valence-corrected chi connectivity index (χ3v) is 4.11. The summed E-state index contributed by atoms with van der Waals surface area (Å²) in [5.41, 5.74) is 0. The molecule has 98 valence electrons. The van der Waals surface area contributed by atoms with Gasteiger partial charge in [-0.05, 0) is 19.4 Å². The van der Waals surface area contributed by atoms with Gasteiger partial charge in [-0.1, -0.05) is 6.92 Å². The van der Waals surface area contributed by atoms with E-state index >= 15 is 0 Å². The average Bonchev–Trinajstić information content (AvgIpc) is 3.08. The van der Waals surface area contributed by atoms with Gasteiger partial charge in [0.2, 0.25) is 0 Å². The molecule has 0 aliphatic carbocycles. The molecule has 0 amide bonds. The van der Waals surface area contributed by atoms with Crippen LogP contribution in [0.2, 0.25) is 0 Å². The molecule has 0 aliphatic rings. The average molecular weight is 274 g/mol. The summed E-state index contributed by atoms with van der Waals surface area (Å²) >= 11 is 1.71. The highest BCUT2D eigenvalue weighted by molar-refractivity contribution is 7.18. The predicted octanol–water partition coefficient (Wildman–Crippen LogP) is 2.54. The Morgan fingerprint density at radius 2 is 2.21 bits per heavy atom. The quantitative estimate of drug-likeness (QED) is 0.764. The Morgan fingerprint density at radius 3 is 2.95 bits per heavy atom. The molecular weight excluding hydrogens is 260 g/mol. The van der Waals surface area contributed by atoms with Gasteiger partial charge >= 0.3 is 0 Å². The van der Waals surface area contributed by atoms with Crippen molar-refractivity contribution in [1.82, 2.24) is 25.1 Å². The molecule has 0 radical (unpaired) electrons. The van der Waals surface area contributed by atoms with Crippen molar-refractivity contribution < 1.29 is 0 Å². The zero-order chi connectivity index (χ0) is 13.2. The lowest BCUT2D eigenvalue weighted by Crippen LogP contribution is -2.09. The molecule has 0 aromatic carbocycles. The van der Waals surface area contributed by atoms with Crippen molar-refractivity contribution in [3.8, 4) is 0 Å². The summed E-state index contributed by atoms with van der Waals surface area (Å²) in [5, 5.41) is 11.1. The number of fused-ring (bicyclic) bond motifs is 1. The number of aryl methyl sites for hydroxylation is 1. The Balaban J connectivity index is 1.94. The summed E-state index contributed by atoms with van der Waals surface area (Å²) in [5.74, 6) is 1.63. The number of rotatable bonds is 4. The minimum absolute atomic E-state index is 0.0191. The molecule has 0 saturated carbocycles. The highest BCUT2D eigenvalue weighted by Crippen LogP contribution is 2.29. The first-order valence-electron chi connectivity index (χ1n) is 6.13. The molecule has 3 aromatic heterocycles. The van der Waals surface area contributed by atoms with Gasteiger partial charge in [-0.2, -0.15) is 5.10 Å². The Hall–Kier alpha value is -2.02. The maximum Gasteiger partial charge on any atom is 0.146 e. The number of aromatic nitrogens is 5. The summed E-state index contributed by atoms with van der Waals surface area (Å²) in [4.78, 5) is 15.1. The maximum absolute atomic E-state index is 4.33. The second-order valence-corrected chi connectivity index (χ2v) is 5.36. The van der Waals surface area contributed by atoms with Crippen molar-refractivity contribution in [3.63, 3.8) is 0 Å². The zero-order valence-electron chi connectivity index (χ0n) is 10.7. The molecule has 0 bridgehead atoms. The van der Waals surface area contributed by atoms with Gasteiger partial charge in [-0.3, -0.25) is 5.10 Å². The summed E-state index contributed by atoms with van der Waals surface area (Å²) in [6, 6.07) is 2.17. The third kappa shape index (κ3) is 2.28. The lowest BCUT2D eigenvalue weighted by molar-refractivity contribution is 0.791. The first-order chi connectivity index (χ1) is 9.28. The minimum atomic E-state index is 0.0191. The number of thiophene rings is 1. The molecule has 0 fully saturated rings. The topological polar surface area (TPSA) is 79.4 Å². The molecule has 3 heterocycles. The first-order valence-corrected chi connectivity index (χ1v) is 6.94. The van der Waals surface area contributed by atoms with Crippen molar-refractivity contribution in [2.45, 2.75) is 26.3 Å². The van der Waals surface area contributed by atoms with Crippen LogP contribution in [0, 0.1) is 0 Å². The van der Waals surface area contributed by atoms with Crippen LogP contribution in [0.5, 0.6) is 0 Å². The van der Waals surface area contributed by atoms with Gasteiger partial charge in [-0.15, -0.1) is 11.3 Å². The van der Waals surface area contributed by atoms with Crippen LogP contribution >= 0.6 is 11.3 Å². The summed E-state index contributed by atoms with van der Waals surface area (Å²) in [6.45, 7) is 4.16. The summed E-state index contributed by atoms with van der Waals surface area (Å²) in [6.07, 6.45) is 4.11. The summed E-state index contributed by atoms with van der Waals surface area (Å²) < 4.78 is 0. The highest BCUT2D eigenvalue weighted by Gasteiger charge is 2.13. The van der Waals surface area contributed by atoms with Crippen LogP contribution in [0.1, 0.15) is 30.6 Å². The molecule has 19 heavy (non-hydrogen) atoms. The molecule has 3 rings (SSSR count). The van der Waals surface area contributed by atoms with Crippen molar-refractivity contribution in [2.75, 3.05) is 5.32 Å². The number of hydrogen-bond acceptors (Lipinski definition) is 6. The highest BCUT2D eigenvalue weighted by atomic mass is 32.1. The normalized spacial score (nSPS) is 12.7. The van der Waals surface area contributed by atoms with Gasteiger partial charge in [0.15, 0.2) is 0 Å². The van der Waals surface area contributed by atoms with Crippen molar-refractivity contribution in [1.29, 1.82) is 0 Å². The molecule has 6 nitrogen and oxygen atoms in total. The van der Waals surface area contributed by atoms with Crippen molar-refractivity contribution in [3.05, 3.63) is 29.4 Å². The van der Waals surface area contributed by atoms with Crippen LogP contribution in [-0.4, -0.2) is 25.1 Å². The Labute approximate surface area is 114 Å². The monoisotopic (exact) mass is 274 g/mol. The molecule has 7 heteroatoms. The molecule has 1 unspecified atom stereocenters. The van der Waals surface area contributed by atoms with Crippen LogP contribution < -0.4 is 5.32 Å². The Bertz CT molecular complexity index is 675. The molecule has 0 spiro atoms. The van der Waals surface area contributed by atoms with Gasteiger partial charge in [-0.25, -0.2) is 15.0 Å². The van der Waals surface area contributed by atoms with E-state index in [1.54, 1.807) is 17.7 Å². The van der Waals surface area contributed by atoms with E-state index in [1.807, 2.05) is 6.92 Å². The van der Waals surface area contributed by atoms with E-state index in [1.165, 1.54) is 11.2 Å². The van der Waals surface area contributed by atoms with Gasteiger partial charge < -0.3 is 5.32 Å². The van der Waals surface area contributed by atoms with E-state index in [0.29, 0.717) is 0 Å². The number of anilines is 1. The van der Waals surface area contributed by atoms with Crippen LogP contribution in [-0.2, 0) is 6.42 Å². The second kappa shape index (κ2) is 4.93. The fourth-order valence-electron chi connectivity index (χ4n) is 1.89. The van der Waals surface area contributed by atoms with E-state index in [2.05, 4.69) is 43.5 Å². The number of H-pyrrole nitrogens is 1. The number of nitrogens with one attached hydrogen (secondary N) is 2. The largest absolute Gasteiger partial charge is 0.360 e. The van der Waals surface area contributed by atoms with Crippen LogP contribution in [0.3, 0.4) is 0 Å². The van der Waals surface area contributed by atoms with E-state index < -0.39 is 0 Å². The zero-order valence-corrected chi connectivity index (χ0v) is 11.5. The molecule has 1 atom stereocenters. The van der Waals surface area contributed by atoms with Gasteiger partial charge in [0.25, 0.3) is 0 Å². The SMILES string of the molecule is CCc1cc2c(NC(C)c3ncn[nH]3)ncnc2s1. The number of nitrogens with zero attached hydrogens (tertiary/aromatic N) is 4. The molecular formula is C12H14N6S. The minimum Gasteiger partial charge on any atom is -0.360 e. The number of aromatic amines is 1. The maximum atomic E-state index is 4.33. The van der Waals surface area contributed by atoms with Gasteiger partial charge in [0, 0.05) is 4.88 Å². The fraction of sp³-hybridized carbons (Fsp3) is 0.333. The fourth-order valence-corrected chi connectivity index (χ4v) is 2.83. The first kappa shape index (κ1) is 12.0. The molecule has 0 aliphatic heterocycles. The predicted molar refractivity (Wildman–Crippen MR) is 75.2 cm³/mol. The van der Waals surface area contributed by atoms with Gasteiger partial charge in [0.05, 0.1) is 11.4 Å². The van der Waals surface area contributed by atoms with Gasteiger partial charge in [0.1, 0.15) is 29.1 Å². The lowest BCUT2D eigenvalue weighted by Gasteiger charge is -2.11. The van der Waals surface area contributed by atoms with Crippen molar-refractivity contribution >= 4 is 27.4 Å². The standard InChI is InChI=1S/C12H14N6S/c1-3-8-4-9-11(13-5-15-12(9)19-8)17-7(2)10-14-6-16-18-10/h4-7H,3H2,1-2H3,(H,13,15,17)(H,14,16,18). The second-order valence-electron chi connectivity index (χ2n) is 4.24. The Kier molecular flexibility index (Phi) is 3.12.